The lowest BCUT2D eigenvalue weighted by atomic mass is 9.94. The number of amides is 1. The normalized spacial score (nSPS) is 19.7. The van der Waals surface area contributed by atoms with Crippen molar-refractivity contribution < 1.29 is 4.79 Å². The number of aryl methyl sites for hydroxylation is 1. The molecule has 6 heteroatoms. The summed E-state index contributed by atoms with van der Waals surface area (Å²) in [7, 11) is 1.90. The maximum atomic E-state index is 13.2. The highest BCUT2D eigenvalue weighted by molar-refractivity contribution is 7.80. The van der Waals surface area contributed by atoms with Crippen LogP contribution in [0.4, 0.5) is 0 Å². The van der Waals surface area contributed by atoms with Crippen LogP contribution in [0.25, 0.3) is 11.8 Å². The summed E-state index contributed by atoms with van der Waals surface area (Å²) in [4.78, 5) is 17.0. The zero-order valence-corrected chi connectivity index (χ0v) is 18.7. The number of benzene rings is 1. The molecule has 29 heavy (non-hydrogen) atoms. The van der Waals surface area contributed by atoms with Crippen molar-refractivity contribution >= 4 is 40.9 Å². The van der Waals surface area contributed by atoms with Gasteiger partial charge in [-0.2, -0.15) is 0 Å². The summed E-state index contributed by atoms with van der Waals surface area (Å²) in [5.41, 5.74) is 4.93. The summed E-state index contributed by atoms with van der Waals surface area (Å²) >= 11 is 11.7. The van der Waals surface area contributed by atoms with Gasteiger partial charge in [0.1, 0.15) is 5.70 Å². The number of halogens is 1. The molecule has 2 aromatic rings. The second-order valence-electron chi connectivity index (χ2n) is 7.98. The van der Waals surface area contributed by atoms with Gasteiger partial charge in [-0.05, 0) is 80.9 Å². The molecule has 1 amide bonds. The average Bonchev–Trinajstić information content (AvgIpc) is 3.11. The Morgan fingerprint density at radius 3 is 2.41 bits per heavy atom. The van der Waals surface area contributed by atoms with Gasteiger partial charge in [-0.15, -0.1) is 0 Å². The van der Waals surface area contributed by atoms with Crippen LogP contribution in [-0.2, 0) is 4.79 Å². The van der Waals surface area contributed by atoms with Gasteiger partial charge in [0.2, 0.25) is 0 Å². The molecule has 4 nitrogen and oxygen atoms in total. The first kappa shape index (κ1) is 20.2. The number of nitrogens with zero attached hydrogens (tertiary/aromatic N) is 3. The molecule has 1 saturated heterocycles. The molecule has 0 bridgehead atoms. The van der Waals surface area contributed by atoms with Crippen LogP contribution in [0, 0.1) is 13.8 Å². The van der Waals surface area contributed by atoms with Crippen molar-refractivity contribution in [2.45, 2.75) is 52.0 Å². The zero-order valence-electron chi connectivity index (χ0n) is 17.1. The molecule has 4 rings (SSSR count). The monoisotopic (exact) mass is 427 g/mol. The van der Waals surface area contributed by atoms with E-state index in [-0.39, 0.29) is 11.9 Å². The van der Waals surface area contributed by atoms with E-state index < -0.39 is 0 Å². The predicted octanol–water partition coefficient (Wildman–Crippen LogP) is 5.48. The third-order valence-corrected chi connectivity index (χ3v) is 6.80. The van der Waals surface area contributed by atoms with E-state index in [4.69, 9.17) is 23.8 Å². The molecule has 0 atom stereocenters. The maximum absolute atomic E-state index is 13.2. The molecule has 1 aromatic carbocycles. The van der Waals surface area contributed by atoms with E-state index in [9.17, 15) is 4.79 Å². The minimum absolute atomic E-state index is 0.0284. The van der Waals surface area contributed by atoms with E-state index in [1.54, 1.807) is 0 Å². The molecular formula is C23H26ClN3OS. The van der Waals surface area contributed by atoms with Crippen LogP contribution in [0.3, 0.4) is 0 Å². The standard InChI is InChI=1S/C23H26ClN3OS/c1-15-13-17(16(2)26(15)20-11-9-18(24)10-12-20)14-21-22(28)27(23(29)25(21)3)19-7-5-4-6-8-19/h9-14,19H,4-8H2,1-3H3/b21-14-. The van der Waals surface area contributed by atoms with E-state index in [1.807, 2.05) is 47.2 Å². The van der Waals surface area contributed by atoms with Crippen molar-refractivity contribution in [3.8, 4) is 5.69 Å². The molecule has 2 heterocycles. The maximum Gasteiger partial charge on any atom is 0.277 e. The Morgan fingerprint density at radius 2 is 1.76 bits per heavy atom. The van der Waals surface area contributed by atoms with E-state index >= 15 is 0 Å². The van der Waals surface area contributed by atoms with E-state index in [2.05, 4.69) is 24.5 Å². The zero-order chi connectivity index (χ0) is 20.7. The average molecular weight is 428 g/mol. The van der Waals surface area contributed by atoms with Crippen molar-refractivity contribution in [2.24, 2.45) is 0 Å². The summed E-state index contributed by atoms with van der Waals surface area (Å²) in [6, 6.07) is 10.1. The van der Waals surface area contributed by atoms with Crippen molar-refractivity contribution in [1.29, 1.82) is 0 Å². The van der Waals surface area contributed by atoms with Gasteiger partial charge < -0.3 is 9.47 Å². The van der Waals surface area contributed by atoms with E-state index in [0.29, 0.717) is 15.8 Å². The topological polar surface area (TPSA) is 28.5 Å². The second-order valence-corrected chi connectivity index (χ2v) is 8.78. The van der Waals surface area contributed by atoms with Gasteiger partial charge in [-0.3, -0.25) is 9.69 Å². The fourth-order valence-corrected chi connectivity index (χ4v) is 4.96. The van der Waals surface area contributed by atoms with Gasteiger partial charge in [0, 0.05) is 35.2 Å². The molecule has 0 N–H and O–H groups in total. The van der Waals surface area contributed by atoms with Gasteiger partial charge in [0.05, 0.1) is 0 Å². The summed E-state index contributed by atoms with van der Waals surface area (Å²) in [5, 5.41) is 1.34. The third kappa shape index (κ3) is 3.62. The van der Waals surface area contributed by atoms with Crippen LogP contribution in [0.1, 0.15) is 49.1 Å². The van der Waals surface area contributed by atoms with Crippen molar-refractivity contribution in [3.63, 3.8) is 0 Å². The van der Waals surface area contributed by atoms with Crippen LogP contribution in [0.15, 0.2) is 36.0 Å². The van der Waals surface area contributed by atoms with Crippen molar-refractivity contribution in [3.05, 3.63) is 58.0 Å². The number of rotatable bonds is 3. The first-order valence-corrected chi connectivity index (χ1v) is 10.9. The van der Waals surface area contributed by atoms with E-state index in [1.165, 1.54) is 19.3 Å². The van der Waals surface area contributed by atoms with Crippen LogP contribution in [0.5, 0.6) is 0 Å². The lowest BCUT2D eigenvalue weighted by Crippen LogP contribution is -2.41. The van der Waals surface area contributed by atoms with Gasteiger partial charge in [-0.25, -0.2) is 0 Å². The Morgan fingerprint density at radius 1 is 1.10 bits per heavy atom. The SMILES string of the molecule is Cc1cc(/C=C2/C(=O)N(C3CCCCC3)C(=S)N2C)c(C)n1-c1ccc(Cl)cc1. The number of carbonyl (C=O) groups excluding carboxylic acids is 1. The number of carbonyl (C=O) groups is 1. The second kappa shape index (κ2) is 7.96. The predicted molar refractivity (Wildman–Crippen MR) is 122 cm³/mol. The Balaban J connectivity index is 1.69. The minimum Gasteiger partial charge on any atom is -0.318 e. The van der Waals surface area contributed by atoms with Crippen LogP contribution in [-0.4, -0.2) is 38.5 Å². The number of hydrogen-bond acceptors (Lipinski definition) is 2. The number of hydrogen-bond donors (Lipinski definition) is 0. The van der Waals surface area contributed by atoms with Crippen molar-refractivity contribution in [2.75, 3.05) is 7.05 Å². The van der Waals surface area contributed by atoms with Gasteiger partial charge in [-0.1, -0.05) is 30.9 Å². The molecule has 2 aliphatic rings. The lowest BCUT2D eigenvalue weighted by Gasteiger charge is -2.30. The molecule has 1 saturated carbocycles. The summed E-state index contributed by atoms with van der Waals surface area (Å²) < 4.78 is 2.18. The van der Waals surface area contributed by atoms with E-state index in [0.717, 1.165) is 35.5 Å². The number of likely N-dealkylation sites (N-methyl/N-ethyl adjacent to an activating group) is 1. The molecule has 0 unspecified atom stereocenters. The van der Waals surface area contributed by atoms with Crippen LogP contribution >= 0.6 is 23.8 Å². The number of thiocarbonyl (C=S) groups is 1. The minimum atomic E-state index is 0.0284. The Hall–Kier alpha value is -2.11. The fraction of sp³-hybridized carbons (Fsp3) is 0.391. The van der Waals surface area contributed by atoms with Crippen LogP contribution < -0.4 is 0 Å². The van der Waals surface area contributed by atoms with Crippen molar-refractivity contribution in [1.82, 2.24) is 14.4 Å². The van der Waals surface area contributed by atoms with Crippen LogP contribution in [0.2, 0.25) is 5.02 Å². The number of aromatic nitrogens is 1. The highest BCUT2D eigenvalue weighted by Gasteiger charge is 2.40. The lowest BCUT2D eigenvalue weighted by molar-refractivity contribution is -0.124. The molecule has 152 valence electrons. The van der Waals surface area contributed by atoms with Gasteiger partial charge in [0.15, 0.2) is 5.11 Å². The first-order valence-electron chi connectivity index (χ1n) is 10.2. The van der Waals surface area contributed by atoms with Gasteiger partial charge in [0.25, 0.3) is 5.91 Å². The highest BCUT2D eigenvalue weighted by Crippen LogP contribution is 2.32. The molecule has 1 aromatic heterocycles. The third-order valence-electron chi connectivity index (χ3n) is 6.08. The molecule has 1 aliphatic heterocycles. The first-order chi connectivity index (χ1) is 13.9. The summed E-state index contributed by atoms with van der Waals surface area (Å²) in [6.07, 6.45) is 7.65. The Labute approximate surface area is 182 Å². The highest BCUT2D eigenvalue weighted by atomic mass is 35.5. The summed E-state index contributed by atoms with van der Waals surface area (Å²) in [6.45, 7) is 4.15. The summed E-state index contributed by atoms with van der Waals surface area (Å²) in [5.74, 6) is 0.0284. The Kier molecular flexibility index (Phi) is 5.54. The molecule has 1 aliphatic carbocycles. The Bertz CT molecular complexity index is 986. The fourth-order valence-electron chi connectivity index (χ4n) is 4.51. The smallest absolute Gasteiger partial charge is 0.277 e. The molecular weight excluding hydrogens is 402 g/mol. The largest absolute Gasteiger partial charge is 0.318 e. The van der Waals surface area contributed by atoms with Gasteiger partial charge >= 0.3 is 0 Å². The molecule has 0 radical (unpaired) electrons. The molecule has 2 fully saturated rings. The quantitative estimate of drug-likeness (QED) is 0.479. The molecule has 0 spiro atoms.